The molecule has 0 radical (unpaired) electrons. The van der Waals surface area contributed by atoms with Crippen molar-refractivity contribution in [1.29, 1.82) is 5.26 Å². The average Bonchev–Trinajstić information content (AvgIpc) is 3.32. The monoisotopic (exact) mass is 455 g/mol. The summed E-state index contributed by atoms with van der Waals surface area (Å²) in [6, 6.07) is 14.9. The number of aromatic nitrogens is 2. The topological polar surface area (TPSA) is 66.6 Å². The highest BCUT2D eigenvalue weighted by atomic mass is 35.5. The number of thioether (sulfide) groups is 1. The Morgan fingerprint density at radius 3 is 2.86 bits per heavy atom. The van der Waals surface area contributed by atoms with E-state index in [1.54, 1.807) is 41.3 Å². The number of aryl methyl sites for hydroxylation is 1. The first-order chi connectivity index (χ1) is 14.0. The number of carbonyl (C=O) groups is 1. The third-order valence-corrected chi connectivity index (χ3v) is 7.46. The Labute approximate surface area is 185 Å². The van der Waals surface area contributed by atoms with Crippen molar-refractivity contribution >= 4 is 62.0 Å². The van der Waals surface area contributed by atoms with Crippen molar-refractivity contribution < 1.29 is 4.79 Å². The first-order valence-electron chi connectivity index (χ1n) is 8.68. The van der Waals surface area contributed by atoms with Gasteiger partial charge < -0.3 is 0 Å². The fourth-order valence-corrected chi connectivity index (χ4v) is 5.67. The van der Waals surface area contributed by atoms with Gasteiger partial charge >= 0.3 is 0 Å². The van der Waals surface area contributed by atoms with E-state index in [1.165, 1.54) is 11.3 Å². The van der Waals surface area contributed by atoms with Crippen LogP contribution in [0.15, 0.2) is 52.7 Å². The molecule has 4 nitrogen and oxygen atoms in total. The molecule has 0 aliphatic rings. The van der Waals surface area contributed by atoms with Gasteiger partial charge in [-0.2, -0.15) is 5.26 Å². The average molecular weight is 456 g/mol. The van der Waals surface area contributed by atoms with E-state index in [1.807, 2.05) is 36.6 Å². The predicted molar refractivity (Wildman–Crippen MR) is 120 cm³/mol. The number of carbonyl (C=O) groups excluding carboxylic acids is 1. The van der Waals surface area contributed by atoms with E-state index in [2.05, 4.69) is 16.0 Å². The lowest BCUT2D eigenvalue weighted by Crippen LogP contribution is -2.12. The number of rotatable bonds is 6. The van der Waals surface area contributed by atoms with Crippen LogP contribution >= 0.6 is 46.0 Å². The molecule has 0 spiro atoms. The van der Waals surface area contributed by atoms with Crippen molar-refractivity contribution in [3.63, 3.8) is 0 Å². The lowest BCUT2D eigenvalue weighted by Gasteiger charge is -2.10. The van der Waals surface area contributed by atoms with Crippen LogP contribution in [0.5, 0.6) is 0 Å². The molecule has 0 saturated carbocycles. The Kier molecular flexibility index (Phi) is 5.97. The molecule has 0 bridgehead atoms. The number of hydrogen-bond donors (Lipinski definition) is 0. The van der Waals surface area contributed by atoms with Crippen molar-refractivity contribution in [3.8, 4) is 6.07 Å². The van der Waals surface area contributed by atoms with Gasteiger partial charge in [-0.05, 0) is 31.2 Å². The zero-order valence-corrected chi connectivity index (χ0v) is 18.5. The molecule has 0 N–H and O–H groups in total. The second-order valence-electron chi connectivity index (χ2n) is 6.23. The smallest absolute Gasteiger partial charge is 0.188 e. The lowest BCUT2D eigenvalue weighted by molar-refractivity contribution is 0.0976. The molecule has 0 saturated heterocycles. The Morgan fingerprint density at radius 1 is 1.28 bits per heavy atom. The van der Waals surface area contributed by atoms with Gasteiger partial charge in [-0.25, -0.2) is 9.97 Å². The summed E-state index contributed by atoms with van der Waals surface area (Å²) in [4.78, 5) is 23.1. The van der Waals surface area contributed by atoms with Crippen molar-refractivity contribution in [1.82, 2.24) is 9.97 Å². The van der Waals surface area contributed by atoms with Crippen molar-refractivity contribution in [2.75, 3.05) is 0 Å². The van der Waals surface area contributed by atoms with Gasteiger partial charge in [0.15, 0.2) is 11.7 Å². The summed E-state index contributed by atoms with van der Waals surface area (Å²) in [5, 5.41) is 13.9. The van der Waals surface area contributed by atoms with Gasteiger partial charge in [-0.3, -0.25) is 4.79 Å². The van der Waals surface area contributed by atoms with E-state index in [4.69, 9.17) is 11.6 Å². The lowest BCUT2D eigenvalue weighted by atomic mass is 9.99. The standard InChI is InChI=1S/C21H14ClN3OS3/c1-12-24-14(10-27-12)11-28-18-5-3-2-4-15(18)20(26)16(9-23)21-25-17-8-13(22)6-7-19(17)29-21/h2-8,10,16H,11H2,1H3. The predicted octanol–water partition coefficient (Wildman–Crippen LogP) is 6.50. The van der Waals surface area contributed by atoms with Crippen LogP contribution in [-0.4, -0.2) is 15.8 Å². The largest absolute Gasteiger partial charge is 0.292 e. The molecule has 8 heteroatoms. The summed E-state index contributed by atoms with van der Waals surface area (Å²) in [5.74, 6) is -0.518. The molecule has 0 aliphatic heterocycles. The summed E-state index contributed by atoms with van der Waals surface area (Å²) < 4.78 is 0.902. The maximum atomic E-state index is 13.2. The third kappa shape index (κ3) is 4.36. The first-order valence-corrected chi connectivity index (χ1v) is 11.7. The van der Waals surface area contributed by atoms with Gasteiger partial charge in [0.05, 0.1) is 27.0 Å². The molecule has 4 rings (SSSR count). The molecule has 2 aromatic carbocycles. The Morgan fingerprint density at radius 2 is 2.10 bits per heavy atom. The zero-order valence-electron chi connectivity index (χ0n) is 15.3. The highest BCUT2D eigenvalue weighted by molar-refractivity contribution is 7.98. The fraction of sp³-hybridized carbons (Fsp3) is 0.143. The van der Waals surface area contributed by atoms with Crippen molar-refractivity contribution in [3.05, 3.63) is 74.1 Å². The Hall–Kier alpha value is -2.24. The van der Waals surface area contributed by atoms with Gasteiger partial charge in [0, 0.05) is 26.6 Å². The molecule has 144 valence electrons. The van der Waals surface area contributed by atoms with Crippen LogP contribution < -0.4 is 0 Å². The van der Waals surface area contributed by atoms with Crippen LogP contribution in [0, 0.1) is 18.3 Å². The van der Waals surface area contributed by atoms with Crippen LogP contribution in [0.25, 0.3) is 10.2 Å². The Bertz CT molecular complexity index is 1240. The van der Waals surface area contributed by atoms with Gasteiger partial charge in [-0.1, -0.05) is 29.8 Å². The van der Waals surface area contributed by atoms with Gasteiger partial charge in [0.1, 0.15) is 5.01 Å². The summed E-state index contributed by atoms with van der Waals surface area (Å²) >= 11 is 10.5. The molecule has 0 amide bonds. The van der Waals surface area contributed by atoms with E-state index in [-0.39, 0.29) is 5.78 Å². The summed E-state index contributed by atoms with van der Waals surface area (Å²) in [6.07, 6.45) is 0. The highest BCUT2D eigenvalue weighted by Gasteiger charge is 2.27. The second kappa shape index (κ2) is 8.64. The number of benzene rings is 2. The minimum atomic E-state index is -0.950. The molecule has 0 fully saturated rings. The zero-order chi connectivity index (χ0) is 20.4. The molecule has 1 unspecified atom stereocenters. The summed E-state index contributed by atoms with van der Waals surface area (Å²) in [6.45, 7) is 1.97. The minimum Gasteiger partial charge on any atom is -0.292 e. The SMILES string of the molecule is Cc1nc(CSc2ccccc2C(=O)C(C#N)c2nc3cc(Cl)ccc3s2)cs1. The molecule has 2 heterocycles. The number of halogens is 1. The maximum Gasteiger partial charge on any atom is 0.188 e. The number of Topliss-reactive ketones (excluding diaryl/α,β-unsaturated/α-hetero) is 1. The van der Waals surface area contributed by atoms with Gasteiger partial charge in [0.2, 0.25) is 0 Å². The quantitative estimate of drug-likeness (QED) is 0.245. The molecule has 4 aromatic rings. The minimum absolute atomic E-state index is 0.241. The van der Waals surface area contributed by atoms with E-state index in [9.17, 15) is 10.1 Å². The fourth-order valence-electron chi connectivity index (χ4n) is 2.85. The van der Waals surface area contributed by atoms with Crippen LogP contribution in [-0.2, 0) is 5.75 Å². The summed E-state index contributed by atoms with van der Waals surface area (Å²) in [5.41, 5.74) is 2.22. The van der Waals surface area contributed by atoms with E-state index in [0.29, 0.717) is 26.9 Å². The van der Waals surface area contributed by atoms with Crippen molar-refractivity contribution in [2.45, 2.75) is 23.5 Å². The number of thiazole rings is 2. The molecular formula is C21H14ClN3OS3. The summed E-state index contributed by atoms with van der Waals surface area (Å²) in [7, 11) is 0. The molecule has 2 aromatic heterocycles. The normalized spacial score (nSPS) is 12.0. The van der Waals surface area contributed by atoms with E-state index < -0.39 is 5.92 Å². The molecule has 0 aliphatic carbocycles. The first kappa shape index (κ1) is 20.0. The number of nitrogens with zero attached hydrogens (tertiary/aromatic N) is 3. The van der Waals surface area contributed by atoms with Crippen LogP contribution in [0.1, 0.15) is 32.0 Å². The van der Waals surface area contributed by atoms with Gasteiger partial charge in [0.25, 0.3) is 0 Å². The maximum absolute atomic E-state index is 13.2. The number of hydrogen-bond acceptors (Lipinski definition) is 7. The number of fused-ring (bicyclic) bond motifs is 1. The highest BCUT2D eigenvalue weighted by Crippen LogP contribution is 2.34. The molecular weight excluding hydrogens is 442 g/mol. The van der Waals surface area contributed by atoms with Crippen LogP contribution in [0.3, 0.4) is 0 Å². The number of nitriles is 1. The third-order valence-electron chi connectivity index (χ3n) is 4.20. The molecule has 1 atom stereocenters. The van der Waals surface area contributed by atoms with Crippen molar-refractivity contribution in [2.24, 2.45) is 0 Å². The molecule has 29 heavy (non-hydrogen) atoms. The van der Waals surface area contributed by atoms with E-state index in [0.717, 1.165) is 20.3 Å². The number of ketones is 1. The van der Waals surface area contributed by atoms with Gasteiger partial charge in [-0.15, -0.1) is 34.4 Å². The Balaban J connectivity index is 1.62. The second-order valence-corrected chi connectivity index (χ2v) is 9.81. The van der Waals surface area contributed by atoms with E-state index >= 15 is 0 Å². The van der Waals surface area contributed by atoms with Crippen LogP contribution in [0.2, 0.25) is 5.02 Å². The van der Waals surface area contributed by atoms with Crippen LogP contribution in [0.4, 0.5) is 0 Å².